The normalized spacial score (nSPS) is 42.5. The summed E-state index contributed by atoms with van der Waals surface area (Å²) < 4.78 is 1.71. The molecule has 1 aromatic heterocycles. The zero-order valence-electron chi connectivity index (χ0n) is 19.8. The molecule has 1 aromatic carbocycles. The first-order chi connectivity index (χ1) is 15.8. The van der Waals surface area contributed by atoms with Gasteiger partial charge in [-0.05, 0) is 112 Å². The quantitative estimate of drug-likeness (QED) is 0.628. The maximum Gasteiger partial charge on any atom is 0.157 e. The Hall–Kier alpha value is -1.46. The third-order valence-corrected chi connectivity index (χ3v) is 10.7. The van der Waals surface area contributed by atoms with Crippen LogP contribution in [0.25, 0.3) is 11.0 Å². The van der Waals surface area contributed by atoms with Crippen LogP contribution in [0.3, 0.4) is 0 Å². The Bertz CT molecular complexity index is 1080. The average molecular weight is 470 g/mol. The van der Waals surface area contributed by atoms with Crippen LogP contribution in [-0.2, 0) is 11.3 Å². The van der Waals surface area contributed by atoms with Gasteiger partial charge in [-0.15, -0.1) is 5.10 Å². The summed E-state index contributed by atoms with van der Waals surface area (Å²) >= 11 is 6.41. The third kappa shape index (κ3) is 3.48. The van der Waals surface area contributed by atoms with Gasteiger partial charge in [0.2, 0.25) is 0 Å². The van der Waals surface area contributed by atoms with Crippen molar-refractivity contribution in [3.63, 3.8) is 0 Å². The van der Waals surface area contributed by atoms with Crippen molar-refractivity contribution in [3.8, 4) is 0 Å². The molecule has 1 heterocycles. The number of halogens is 1. The molecule has 4 fully saturated rings. The first-order valence-corrected chi connectivity index (χ1v) is 13.4. The minimum absolute atomic E-state index is 0.103. The van der Waals surface area contributed by atoms with Crippen molar-refractivity contribution in [1.82, 2.24) is 15.0 Å². The van der Waals surface area contributed by atoms with E-state index in [9.17, 15) is 9.90 Å². The molecule has 0 amide bonds. The topological polar surface area (TPSA) is 68.0 Å². The Morgan fingerprint density at radius 1 is 1.09 bits per heavy atom. The highest BCUT2D eigenvalue weighted by atomic mass is 35.5. The van der Waals surface area contributed by atoms with Crippen molar-refractivity contribution in [2.24, 2.45) is 40.9 Å². The van der Waals surface area contributed by atoms with Gasteiger partial charge in [-0.3, -0.25) is 4.79 Å². The molecule has 6 rings (SSSR count). The van der Waals surface area contributed by atoms with Crippen LogP contribution in [0.2, 0.25) is 5.02 Å². The fraction of sp³-hybridized carbons (Fsp3) is 0.741. The number of benzene rings is 1. The highest BCUT2D eigenvalue weighted by Gasteiger charge is 2.58. The van der Waals surface area contributed by atoms with Crippen LogP contribution < -0.4 is 0 Å². The van der Waals surface area contributed by atoms with E-state index in [2.05, 4.69) is 17.2 Å². The Labute approximate surface area is 201 Å². The van der Waals surface area contributed by atoms with E-state index in [4.69, 9.17) is 11.6 Å². The molecule has 0 aliphatic heterocycles. The van der Waals surface area contributed by atoms with Gasteiger partial charge < -0.3 is 5.11 Å². The number of hydrogen-bond donors (Lipinski definition) is 1. The number of hydrogen-bond acceptors (Lipinski definition) is 4. The molecule has 178 valence electrons. The maximum absolute atomic E-state index is 13.6. The first-order valence-electron chi connectivity index (χ1n) is 13.0. The minimum atomic E-state index is -0.462. The lowest BCUT2D eigenvalue weighted by Gasteiger charge is -2.56. The summed E-state index contributed by atoms with van der Waals surface area (Å²) in [5.74, 6) is 4.10. The summed E-state index contributed by atoms with van der Waals surface area (Å²) in [5, 5.41) is 19.7. The molecule has 8 atom stereocenters. The van der Waals surface area contributed by atoms with Gasteiger partial charge in [-0.25, -0.2) is 4.68 Å². The van der Waals surface area contributed by atoms with Gasteiger partial charge in [0.15, 0.2) is 5.78 Å². The number of aliphatic hydroxyl groups is 1. The minimum Gasteiger partial charge on any atom is -0.390 e. The number of nitrogens with zero attached hydrogens (tertiary/aromatic N) is 3. The zero-order chi connectivity index (χ0) is 23.0. The summed E-state index contributed by atoms with van der Waals surface area (Å²) in [7, 11) is 0. The van der Waals surface area contributed by atoms with Crippen LogP contribution >= 0.6 is 11.6 Å². The number of ketones is 1. The Morgan fingerprint density at radius 2 is 1.91 bits per heavy atom. The predicted octanol–water partition coefficient (Wildman–Crippen LogP) is 5.67. The van der Waals surface area contributed by atoms with Crippen LogP contribution in [0.1, 0.15) is 71.6 Å². The van der Waals surface area contributed by atoms with Crippen molar-refractivity contribution in [2.45, 2.75) is 83.8 Å². The monoisotopic (exact) mass is 469 g/mol. The molecule has 0 spiro atoms. The van der Waals surface area contributed by atoms with E-state index >= 15 is 0 Å². The van der Waals surface area contributed by atoms with Crippen molar-refractivity contribution in [1.29, 1.82) is 0 Å². The number of carbonyl (C=O) groups is 1. The van der Waals surface area contributed by atoms with Crippen LogP contribution in [0.4, 0.5) is 0 Å². The number of Topliss-reactive ketones (excluding diaryl/α,β-unsaturated/α-hetero) is 1. The molecule has 0 radical (unpaired) electrons. The second kappa shape index (κ2) is 7.78. The molecule has 1 N–H and O–H groups in total. The fourth-order valence-corrected chi connectivity index (χ4v) is 9.23. The molecular formula is C27H36ClN3O2. The van der Waals surface area contributed by atoms with E-state index < -0.39 is 5.60 Å². The lowest BCUT2D eigenvalue weighted by Crippen LogP contribution is -2.51. The summed E-state index contributed by atoms with van der Waals surface area (Å²) in [6.45, 7) is 4.71. The number of rotatable bonds is 3. The Balaban J connectivity index is 1.21. The van der Waals surface area contributed by atoms with Crippen LogP contribution in [0.15, 0.2) is 18.2 Å². The number of para-hydroxylation sites is 1. The fourth-order valence-electron chi connectivity index (χ4n) is 8.97. The Morgan fingerprint density at radius 3 is 2.76 bits per heavy atom. The molecule has 33 heavy (non-hydrogen) atoms. The van der Waals surface area contributed by atoms with Crippen LogP contribution in [0, 0.1) is 40.9 Å². The number of fused-ring (bicyclic) bond motifs is 6. The van der Waals surface area contributed by atoms with Gasteiger partial charge in [0.05, 0.1) is 10.6 Å². The molecule has 2 aromatic rings. The molecule has 0 saturated heterocycles. The summed E-state index contributed by atoms with van der Waals surface area (Å²) in [5.41, 5.74) is 1.15. The van der Waals surface area contributed by atoms with Crippen molar-refractivity contribution in [3.05, 3.63) is 23.2 Å². The van der Waals surface area contributed by atoms with Gasteiger partial charge >= 0.3 is 0 Å². The van der Waals surface area contributed by atoms with Crippen molar-refractivity contribution in [2.75, 3.05) is 0 Å². The molecule has 0 bridgehead atoms. The molecule has 0 unspecified atom stereocenters. The summed E-state index contributed by atoms with van der Waals surface area (Å²) in [6, 6.07) is 5.60. The van der Waals surface area contributed by atoms with Crippen LogP contribution in [0.5, 0.6) is 0 Å². The van der Waals surface area contributed by atoms with Crippen molar-refractivity contribution >= 4 is 28.4 Å². The summed E-state index contributed by atoms with van der Waals surface area (Å²) in [6.07, 6.45) is 10.3. The highest BCUT2D eigenvalue weighted by Crippen LogP contribution is 2.64. The van der Waals surface area contributed by atoms with Gasteiger partial charge in [-0.2, -0.15) is 0 Å². The van der Waals surface area contributed by atoms with E-state index in [0.29, 0.717) is 22.6 Å². The molecule has 5 nitrogen and oxygen atoms in total. The SMILES string of the molecule is C[C@@]1(O)CC[C@H]2[C@H](CC[C@@H]3[C@@H]2CC[C@]2(C)[C@@H](C(=O)Cn4nnc5cccc(Cl)c54)CC[C@@H]32)C1. The molecule has 4 aliphatic carbocycles. The second-order valence-corrected chi connectivity index (χ2v) is 12.6. The standard InChI is InChI=1S/C27H36ClN3O2/c1-26(33)12-10-17-16(14-26)6-7-19-18(17)11-13-27(2)20(19)8-9-21(27)24(32)15-31-25-22(28)4-3-5-23(25)29-30-31/h3-5,16-21,33H,6-15H2,1-2H3/t16-,17+,18-,19-,20+,21-,26-,27+/m1/s1. The first kappa shape index (κ1) is 22.0. The highest BCUT2D eigenvalue weighted by molar-refractivity contribution is 6.34. The van der Waals surface area contributed by atoms with E-state index in [1.165, 1.54) is 32.1 Å². The van der Waals surface area contributed by atoms with Crippen molar-refractivity contribution < 1.29 is 9.90 Å². The van der Waals surface area contributed by atoms with Crippen LogP contribution in [-0.4, -0.2) is 31.5 Å². The smallest absolute Gasteiger partial charge is 0.157 e. The maximum atomic E-state index is 13.6. The number of carbonyl (C=O) groups excluding carboxylic acids is 1. The zero-order valence-corrected chi connectivity index (χ0v) is 20.6. The molecular weight excluding hydrogens is 434 g/mol. The van der Waals surface area contributed by atoms with E-state index in [1.54, 1.807) is 4.68 Å². The summed E-state index contributed by atoms with van der Waals surface area (Å²) in [4.78, 5) is 13.6. The van der Waals surface area contributed by atoms with Gasteiger partial charge in [0, 0.05) is 5.92 Å². The molecule has 4 saturated carbocycles. The number of aromatic nitrogens is 3. The molecule has 6 heteroatoms. The lowest BCUT2D eigenvalue weighted by atomic mass is 9.49. The third-order valence-electron chi connectivity index (χ3n) is 10.4. The van der Waals surface area contributed by atoms with Gasteiger partial charge in [0.1, 0.15) is 17.6 Å². The van der Waals surface area contributed by atoms with E-state index in [1.807, 2.05) is 25.1 Å². The average Bonchev–Trinajstić information content (AvgIpc) is 3.34. The second-order valence-electron chi connectivity index (χ2n) is 12.2. The predicted molar refractivity (Wildman–Crippen MR) is 129 cm³/mol. The van der Waals surface area contributed by atoms with Gasteiger partial charge in [0.25, 0.3) is 0 Å². The lowest BCUT2D eigenvalue weighted by molar-refractivity contribution is -0.133. The van der Waals surface area contributed by atoms with Gasteiger partial charge in [-0.1, -0.05) is 29.8 Å². The molecule has 4 aliphatic rings. The van der Waals surface area contributed by atoms with E-state index in [-0.39, 0.29) is 17.9 Å². The van der Waals surface area contributed by atoms with E-state index in [0.717, 1.165) is 54.5 Å². The Kier molecular flexibility index (Phi) is 5.19. The largest absolute Gasteiger partial charge is 0.390 e.